The van der Waals surface area contributed by atoms with E-state index in [-0.39, 0.29) is 6.09 Å². The van der Waals surface area contributed by atoms with E-state index in [1.807, 2.05) is 39.2 Å². The van der Waals surface area contributed by atoms with E-state index in [9.17, 15) is 4.79 Å². The van der Waals surface area contributed by atoms with Gasteiger partial charge in [0.15, 0.2) is 0 Å². The molecular formula is C31H45N7O2. The van der Waals surface area contributed by atoms with Crippen LogP contribution in [0.25, 0.3) is 16.6 Å². The third-order valence-corrected chi connectivity index (χ3v) is 8.10. The Morgan fingerprint density at radius 3 is 2.60 bits per heavy atom. The number of allylic oxidation sites excluding steroid dienone is 1. The number of carbonyl (C=O) groups is 1. The molecule has 9 nitrogen and oxygen atoms in total. The molecular weight excluding hydrogens is 502 g/mol. The van der Waals surface area contributed by atoms with Crippen molar-refractivity contribution < 1.29 is 9.53 Å². The van der Waals surface area contributed by atoms with Crippen molar-refractivity contribution in [3.8, 4) is 0 Å². The van der Waals surface area contributed by atoms with Gasteiger partial charge in [0.05, 0.1) is 22.9 Å². The fraction of sp³-hybridized carbons (Fsp3) is 0.613. The highest BCUT2D eigenvalue weighted by atomic mass is 16.6. The minimum Gasteiger partial charge on any atom is -0.444 e. The SMILES string of the molecule is CC(C)(C)OC(=O)N1CCN(Cc2ccc3ncc(/C(=C/NC4CC(CCCN)C4)C(=N)C4CC4)nc3c2)CC1. The van der Waals surface area contributed by atoms with Gasteiger partial charge in [0, 0.05) is 62.2 Å². The van der Waals surface area contributed by atoms with Gasteiger partial charge in [0.2, 0.25) is 0 Å². The molecule has 1 amide bonds. The van der Waals surface area contributed by atoms with Gasteiger partial charge in [-0.1, -0.05) is 6.07 Å². The molecule has 2 aliphatic carbocycles. The molecule has 2 aromatic rings. The molecule has 1 aliphatic heterocycles. The van der Waals surface area contributed by atoms with E-state index < -0.39 is 5.60 Å². The van der Waals surface area contributed by atoms with Crippen molar-refractivity contribution in [3.05, 3.63) is 41.9 Å². The second-order valence-corrected chi connectivity index (χ2v) is 12.7. The lowest BCUT2D eigenvalue weighted by molar-refractivity contribution is 0.0139. The summed E-state index contributed by atoms with van der Waals surface area (Å²) in [5.74, 6) is 1.09. The normalized spacial score (nSPS) is 22.2. The molecule has 1 aromatic carbocycles. The summed E-state index contributed by atoms with van der Waals surface area (Å²) in [5, 5.41) is 12.4. The van der Waals surface area contributed by atoms with E-state index in [0.717, 1.165) is 73.7 Å². The summed E-state index contributed by atoms with van der Waals surface area (Å²) in [6, 6.07) is 6.72. The fourth-order valence-corrected chi connectivity index (χ4v) is 5.56. The van der Waals surface area contributed by atoms with E-state index in [2.05, 4.69) is 22.3 Å². The molecule has 2 saturated carbocycles. The van der Waals surface area contributed by atoms with Crippen molar-refractivity contribution in [2.24, 2.45) is 17.6 Å². The summed E-state index contributed by atoms with van der Waals surface area (Å²) in [6.45, 7) is 10.2. The zero-order chi connectivity index (χ0) is 28.3. The Kier molecular flexibility index (Phi) is 8.71. The van der Waals surface area contributed by atoms with Crippen LogP contribution in [0, 0.1) is 17.2 Å². The third kappa shape index (κ3) is 7.37. The van der Waals surface area contributed by atoms with Crippen molar-refractivity contribution in [3.63, 3.8) is 0 Å². The molecule has 0 atom stereocenters. The number of aromatic nitrogens is 2. The van der Waals surface area contributed by atoms with Gasteiger partial charge in [-0.3, -0.25) is 9.88 Å². The number of fused-ring (bicyclic) bond motifs is 1. The molecule has 0 bridgehead atoms. The molecule has 9 heteroatoms. The number of benzene rings is 1. The number of rotatable bonds is 10. The molecule has 3 aliphatic rings. The molecule has 216 valence electrons. The summed E-state index contributed by atoms with van der Waals surface area (Å²) in [6.07, 6.45) is 10.4. The lowest BCUT2D eigenvalue weighted by Crippen LogP contribution is -2.49. The molecule has 0 unspecified atom stereocenters. The van der Waals surface area contributed by atoms with Crippen molar-refractivity contribution in [2.75, 3.05) is 32.7 Å². The molecule has 2 heterocycles. The molecule has 1 saturated heterocycles. The Morgan fingerprint density at radius 2 is 1.93 bits per heavy atom. The van der Waals surface area contributed by atoms with E-state index in [4.69, 9.17) is 25.8 Å². The average molecular weight is 548 g/mol. The van der Waals surface area contributed by atoms with Crippen LogP contribution >= 0.6 is 0 Å². The first-order valence-electron chi connectivity index (χ1n) is 14.9. The Labute approximate surface area is 238 Å². The van der Waals surface area contributed by atoms with Crippen molar-refractivity contribution >= 4 is 28.4 Å². The van der Waals surface area contributed by atoms with Crippen molar-refractivity contribution in [1.82, 2.24) is 25.1 Å². The van der Waals surface area contributed by atoms with Crippen molar-refractivity contribution in [2.45, 2.75) is 77.5 Å². The highest BCUT2D eigenvalue weighted by Gasteiger charge is 2.31. The van der Waals surface area contributed by atoms with Crippen LogP contribution in [-0.2, 0) is 11.3 Å². The highest BCUT2D eigenvalue weighted by Crippen LogP contribution is 2.36. The largest absolute Gasteiger partial charge is 0.444 e. The summed E-state index contributed by atoms with van der Waals surface area (Å²) in [4.78, 5) is 26.3. The molecule has 40 heavy (non-hydrogen) atoms. The Bertz CT molecular complexity index is 1240. The summed E-state index contributed by atoms with van der Waals surface area (Å²) < 4.78 is 5.53. The van der Waals surface area contributed by atoms with E-state index >= 15 is 0 Å². The third-order valence-electron chi connectivity index (χ3n) is 8.10. The maximum atomic E-state index is 12.4. The first kappa shape index (κ1) is 28.5. The van der Waals surface area contributed by atoms with Gasteiger partial charge < -0.3 is 26.1 Å². The van der Waals surface area contributed by atoms with Crippen LogP contribution in [0.2, 0.25) is 0 Å². The Hall–Kier alpha value is -3.04. The zero-order valence-corrected chi connectivity index (χ0v) is 24.3. The standard InChI is InChI=1S/C31H45N7O2/c1-31(2,3)40-30(39)38-13-11-37(12-14-38)20-22-6-9-26-27(17-22)36-28(19-35-26)25(29(33)23-7-8-23)18-34-24-15-21(16-24)5-4-10-32/h6,9,17-19,21,23-24,33-34H,4-5,7-8,10-16,20,32H2,1-3H3/b25-18-,33-29?. The van der Waals surface area contributed by atoms with Crippen LogP contribution in [0.15, 0.2) is 30.6 Å². The van der Waals surface area contributed by atoms with Crippen LogP contribution < -0.4 is 11.1 Å². The lowest BCUT2D eigenvalue weighted by Gasteiger charge is -2.36. The minimum absolute atomic E-state index is 0.237. The predicted octanol–water partition coefficient (Wildman–Crippen LogP) is 4.56. The first-order valence-corrected chi connectivity index (χ1v) is 14.9. The topological polar surface area (TPSA) is 120 Å². The minimum atomic E-state index is -0.480. The van der Waals surface area contributed by atoms with Gasteiger partial charge in [-0.25, -0.2) is 9.78 Å². The second-order valence-electron chi connectivity index (χ2n) is 12.7. The van der Waals surface area contributed by atoms with Crippen LogP contribution in [0.5, 0.6) is 0 Å². The van der Waals surface area contributed by atoms with Gasteiger partial charge in [-0.05, 0) is 89.5 Å². The average Bonchev–Trinajstić information content (AvgIpc) is 3.74. The quantitative estimate of drug-likeness (QED) is 0.373. The molecule has 3 fully saturated rings. The number of piperazine rings is 1. The number of nitrogens with two attached hydrogens (primary N) is 1. The Morgan fingerprint density at radius 1 is 1.18 bits per heavy atom. The summed E-state index contributed by atoms with van der Waals surface area (Å²) in [7, 11) is 0. The molecule has 0 radical (unpaired) electrons. The number of nitrogens with one attached hydrogen (secondary N) is 2. The van der Waals surface area contributed by atoms with Crippen LogP contribution in [0.4, 0.5) is 4.79 Å². The second kappa shape index (κ2) is 12.2. The van der Waals surface area contributed by atoms with Crippen LogP contribution in [0.3, 0.4) is 0 Å². The lowest BCUT2D eigenvalue weighted by atomic mass is 9.77. The van der Waals surface area contributed by atoms with Crippen molar-refractivity contribution in [1.29, 1.82) is 5.41 Å². The monoisotopic (exact) mass is 547 g/mol. The summed E-state index contributed by atoms with van der Waals surface area (Å²) >= 11 is 0. The van der Waals surface area contributed by atoms with E-state index in [1.54, 1.807) is 4.90 Å². The smallest absolute Gasteiger partial charge is 0.410 e. The maximum Gasteiger partial charge on any atom is 0.410 e. The predicted molar refractivity (Wildman–Crippen MR) is 159 cm³/mol. The van der Waals surface area contributed by atoms with Crippen LogP contribution in [0.1, 0.15) is 70.6 Å². The van der Waals surface area contributed by atoms with Gasteiger partial charge >= 0.3 is 6.09 Å². The first-order chi connectivity index (χ1) is 19.2. The number of carbonyl (C=O) groups excluding carboxylic acids is 1. The van der Waals surface area contributed by atoms with Gasteiger partial charge in [0.25, 0.3) is 0 Å². The van der Waals surface area contributed by atoms with E-state index in [1.165, 1.54) is 24.8 Å². The maximum absolute atomic E-state index is 12.4. The Balaban J connectivity index is 1.23. The number of nitrogens with zero attached hydrogens (tertiary/aromatic N) is 4. The van der Waals surface area contributed by atoms with Gasteiger partial charge in [-0.15, -0.1) is 0 Å². The molecule has 1 aromatic heterocycles. The number of amides is 1. The van der Waals surface area contributed by atoms with Crippen LogP contribution in [-0.4, -0.2) is 75.9 Å². The highest BCUT2D eigenvalue weighted by molar-refractivity contribution is 6.23. The summed E-state index contributed by atoms with van der Waals surface area (Å²) in [5.41, 5.74) is 10.4. The van der Waals surface area contributed by atoms with Gasteiger partial charge in [-0.2, -0.15) is 0 Å². The van der Waals surface area contributed by atoms with Gasteiger partial charge in [0.1, 0.15) is 5.60 Å². The molecule has 0 spiro atoms. The molecule has 5 rings (SSSR count). The van der Waals surface area contributed by atoms with E-state index in [0.29, 0.717) is 30.8 Å². The number of ether oxygens (including phenoxy) is 1. The fourth-order valence-electron chi connectivity index (χ4n) is 5.56. The molecule has 4 N–H and O–H groups in total. The number of hydrogen-bond donors (Lipinski definition) is 3. The zero-order valence-electron chi connectivity index (χ0n) is 24.3. The number of hydrogen-bond acceptors (Lipinski definition) is 8.